The Bertz CT molecular complexity index is 797. The molecule has 2 atom stereocenters. The van der Waals surface area contributed by atoms with E-state index in [1.54, 1.807) is 12.1 Å². The molecule has 0 saturated carbocycles. The SMILES string of the molecule is CC1(C)c2ccccc2N[C@@H]2c3ccc(C(=O)O)cc3OC[C@H]21. The van der Waals surface area contributed by atoms with Gasteiger partial charge in [0.1, 0.15) is 5.75 Å². The fraction of sp³-hybridized carbons (Fsp3) is 0.316. The number of ether oxygens (including phenoxy) is 1. The minimum Gasteiger partial charge on any atom is -0.493 e. The Morgan fingerprint density at radius 2 is 2.04 bits per heavy atom. The number of carbonyl (C=O) groups is 1. The van der Waals surface area contributed by atoms with Crippen LogP contribution in [0.2, 0.25) is 0 Å². The van der Waals surface area contributed by atoms with Gasteiger partial charge in [0, 0.05) is 22.6 Å². The molecule has 0 spiro atoms. The van der Waals surface area contributed by atoms with Crippen molar-refractivity contribution in [1.29, 1.82) is 0 Å². The zero-order valence-corrected chi connectivity index (χ0v) is 13.2. The van der Waals surface area contributed by atoms with Crippen LogP contribution < -0.4 is 10.1 Å². The van der Waals surface area contributed by atoms with E-state index in [0.29, 0.717) is 18.3 Å². The lowest BCUT2D eigenvalue weighted by molar-refractivity contribution is 0.0695. The number of carboxylic acid groups (broad SMARTS) is 1. The van der Waals surface area contributed by atoms with Gasteiger partial charge in [-0.25, -0.2) is 4.79 Å². The van der Waals surface area contributed by atoms with Crippen molar-refractivity contribution in [1.82, 2.24) is 0 Å². The van der Waals surface area contributed by atoms with Crippen LogP contribution in [0.3, 0.4) is 0 Å². The molecule has 2 aromatic rings. The van der Waals surface area contributed by atoms with Crippen molar-refractivity contribution >= 4 is 11.7 Å². The monoisotopic (exact) mass is 309 g/mol. The van der Waals surface area contributed by atoms with E-state index in [9.17, 15) is 4.79 Å². The summed E-state index contributed by atoms with van der Waals surface area (Å²) in [6.07, 6.45) is 0. The summed E-state index contributed by atoms with van der Waals surface area (Å²) < 4.78 is 5.93. The number of para-hydroxylation sites is 1. The fourth-order valence-electron chi connectivity index (χ4n) is 3.88. The maximum atomic E-state index is 11.2. The van der Waals surface area contributed by atoms with Gasteiger partial charge in [0.2, 0.25) is 0 Å². The van der Waals surface area contributed by atoms with Crippen molar-refractivity contribution in [3.05, 3.63) is 59.2 Å². The quantitative estimate of drug-likeness (QED) is 0.840. The minimum atomic E-state index is -0.930. The molecule has 0 aromatic heterocycles. The molecule has 118 valence electrons. The van der Waals surface area contributed by atoms with E-state index in [0.717, 1.165) is 11.3 Å². The molecule has 2 aromatic carbocycles. The molecule has 4 nitrogen and oxygen atoms in total. The van der Waals surface area contributed by atoms with Crippen LogP contribution in [0, 0.1) is 5.92 Å². The van der Waals surface area contributed by atoms with Crippen LogP contribution in [0.5, 0.6) is 5.75 Å². The van der Waals surface area contributed by atoms with Crippen molar-refractivity contribution in [2.24, 2.45) is 5.92 Å². The third kappa shape index (κ3) is 2.01. The van der Waals surface area contributed by atoms with Crippen molar-refractivity contribution in [2.45, 2.75) is 25.3 Å². The fourth-order valence-corrected chi connectivity index (χ4v) is 3.88. The summed E-state index contributed by atoms with van der Waals surface area (Å²) in [5.41, 5.74) is 3.73. The van der Waals surface area contributed by atoms with Gasteiger partial charge in [-0.2, -0.15) is 0 Å². The highest BCUT2D eigenvalue weighted by atomic mass is 16.5. The number of fused-ring (bicyclic) bond motifs is 4. The highest BCUT2D eigenvalue weighted by Crippen LogP contribution is 2.51. The van der Waals surface area contributed by atoms with Gasteiger partial charge in [-0.3, -0.25) is 0 Å². The van der Waals surface area contributed by atoms with Gasteiger partial charge in [-0.1, -0.05) is 38.1 Å². The Morgan fingerprint density at radius 1 is 1.26 bits per heavy atom. The Labute approximate surface area is 135 Å². The van der Waals surface area contributed by atoms with Gasteiger partial charge in [-0.15, -0.1) is 0 Å². The van der Waals surface area contributed by atoms with E-state index in [2.05, 4.69) is 37.4 Å². The molecule has 23 heavy (non-hydrogen) atoms. The predicted molar refractivity (Wildman–Crippen MR) is 88.2 cm³/mol. The first kappa shape index (κ1) is 14.1. The van der Waals surface area contributed by atoms with E-state index >= 15 is 0 Å². The second-order valence-corrected chi connectivity index (χ2v) is 6.86. The van der Waals surface area contributed by atoms with Crippen molar-refractivity contribution in [3.8, 4) is 5.75 Å². The van der Waals surface area contributed by atoms with Gasteiger partial charge in [-0.05, 0) is 23.8 Å². The molecule has 0 fully saturated rings. The lowest BCUT2D eigenvalue weighted by atomic mass is 9.65. The number of carboxylic acids is 1. The molecular weight excluding hydrogens is 290 g/mol. The summed E-state index contributed by atoms with van der Waals surface area (Å²) in [6.45, 7) is 5.09. The van der Waals surface area contributed by atoms with Gasteiger partial charge >= 0.3 is 5.97 Å². The van der Waals surface area contributed by atoms with Crippen molar-refractivity contribution in [2.75, 3.05) is 11.9 Å². The first-order valence-electron chi connectivity index (χ1n) is 7.84. The summed E-state index contributed by atoms with van der Waals surface area (Å²) in [4.78, 5) is 11.2. The number of anilines is 1. The molecule has 4 heteroatoms. The summed E-state index contributed by atoms with van der Waals surface area (Å²) in [7, 11) is 0. The summed E-state index contributed by atoms with van der Waals surface area (Å²) >= 11 is 0. The van der Waals surface area contributed by atoms with E-state index in [4.69, 9.17) is 9.84 Å². The molecule has 0 bridgehead atoms. The van der Waals surface area contributed by atoms with Crippen LogP contribution in [0.4, 0.5) is 5.69 Å². The highest BCUT2D eigenvalue weighted by molar-refractivity contribution is 5.88. The summed E-state index contributed by atoms with van der Waals surface area (Å²) in [5.74, 6) is 0.0372. The van der Waals surface area contributed by atoms with Crippen LogP contribution in [-0.2, 0) is 5.41 Å². The third-order valence-electron chi connectivity index (χ3n) is 5.28. The normalized spacial score (nSPS) is 23.6. The topological polar surface area (TPSA) is 58.6 Å². The molecule has 0 amide bonds. The van der Waals surface area contributed by atoms with Crippen LogP contribution in [0.25, 0.3) is 0 Å². The molecular formula is C19H19NO3. The van der Waals surface area contributed by atoms with E-state index in [1.807, 2.05) is 12.1 Å². The number of aromatic carboxylic acids is 1. The Balaban J connectivity index is 1.82. The van der Waals surface area contributed by atoms with Gasteiger partial charge in [0.05, 0.1) is 18.2 Å². The molecule has 0 saturated heterocycles. The number of benzene rings is 2. The van der Waals surface area contributed by atoms with E-state index in [1.165, 1.54) is 5.56 Å². The number of rotatable bonds is 1. The highest BCUT2D eigenvalue weighted by Gasteiger charge is 2.46. The van der Waals surface area contributed by atoms with E-state index < -0.39 is 5.97 Å². The molecule has 2 N–H and O–H groups in total. The Morgan fingerprint density at radius 3 is 2.83 bits per heavy atom. The maximum Gasteiger partial charge on any atom is 0.335 e. The lowest BCUT2D eigenvalue weighted by Crippen LogP contribution is -2.46. The predicted octanol–water partition coefficient (Wildman–Crippen LogP) is 3.84. The zero-order valence-electron chi connectivity index (χ0n) is 13.2. The van der Waals surface area contributed by atoms with Crippen molar-refractivity contribution < 1.29 is 14.6 Å². The number of hydrogen-bond acceptors (Lipinski definition) is 3. The Hall–Kier alpha value is -2.49. The van der Waals surface area contributed by atoms with Crippen LogP contribution in [-0.4, -0.2) is 17.7 Å². The molecule has 0 unspecified atom stereocenters. The van der Waals surface area contributed by atoms with Gasteiger partial charge < -0.3 is 15.2 Å². The molecule has 0 aliphatic carbocycles. The first-order chi connectivity index (χ1) is 11.0. The number of nitrogens with one attached hydrogen (secondary N) is 1. The van der Waals surface area contributed by atoms with Crippen LogP contribution in [0.1, 0.15) is 41.4 Å². The Kier molecular flexibility index (Phi) is 2.92. The molecule has 2 aliphatic heterocycles. The molecule has 4 rings (SSSR count). The second kappa shape index (κ2) is 4.75. The maximum absolute atomic E-state index is 11.2. The molecule has 0 radical (unpaired) electrons. The number of hydrogen-bond donors (Lipinski definition) is 2. The first-order valence-corrected chi connectivity index (χ1v) is 7.84. The van der Waals surface area contributed by atoms with E-state index in [-0.39, 0.29) is 17.0 Å². The standard InChI is InChI=1S/C19H19NO3/c1-19(2)13-5-3-4-6-15(13)20-17-12-8-7-11(18(21)22)9-16(12)23-10-14(17)19/h3-9,14,17,20H,10H2,1-2H3,(H,21,22)/t14-,17-/m1/s1. The minimum absolute atomic E-state index is 0.0182. The largest absolute Gasteiger partial charge is 0.493 e. The molecule has 2 heterocycles. The summed E-state index contributed by atoms with van der Waals surface area (Å²) in [6, 6.07) is 13.7. The summed E-state index contributed by atoms with van der Waals surface area (Å²) in [5, 5.41) is 12.8. The van der Waals surface area contributed by atoms with Crippen LogP contribution in [0.15, 0.2) is 42.5 Å². The lowest BCUT2D eigenvalue weighted by Gasteiger charge is -2.48. The smallest absolute Gasteiger partial charge is 0.335 e. The van der Waals surface area contributed by atoms with Crippen molar-refractivity contribution in [3.63, 3.8) is 0 Å². The zero-order chi connectivity index (χ0) is 16.2. The van der Waals surface area contributed by atoms with Gasteiger partial charge in [0.25, 0.3) is 0 Å². The van der Waals surface area contributed by atoms with Gasteiger partial charge in [0.15, 0.2) is 0 Å². The average Bonchev–Trinajstić information content (AvgIpc) is 2.54. The molecule has 2 aliphatic rings. The van der Waals surface area contributed by atoms with Crippen LogP contribution >= 0.6 is 0 Å². The average molecular weight is 309 g/mol. The second-order valence-electron chi connectivity index (χ2n) is 6.86. The third-order valence-corrected chi connectivity index (χ3v) is 5.28.